The molecule has 0 radical (unpaired) electrons. The van der Waals surface area contributed by atoms with E-state index in [4.69, 9.17) is 5.11 Å². The summed E-state index contributed by atoms with van der Waals surface area (Å²) in [6, 6.07) is 6.46. The number of hydrogen-bond acceptors (Lipinski definition) is 6. The molecule has 2 aromatic rings. The van der Waals surface area contributed by atoms with Gasteiger partial charge in [0.05, 0.1) is 11.0 Å². The topological polar surface area (TPSA) is 107 Å². The number of likely N-dealkylation sites (N-methyl/N-ethyl adjacent to an activating group) is 1. The highest BCUT2D eigenvalue weighted by molar-refractivity contribution is 7.89. The number of aliphatic hydroxyl groups is 1. The average Bonchev–Trinajstić information content (AvgIpc) is 3.15. The molecule has 0 saturated carbocycles. The fraction of sp³-hybridized carbons (Fsp3) is 0.522. The number of carbonyl (C=O) groups is 1. The SMILES string of the molecule is CN(CC(O)CNC(C)(C)CCCc1ccc(F)s1)S(=O)(=O)c1cc(F)cc(CCC(=O)O)c1. The second kappa shape index (κ2) is 12.2. The molecule has 190 valence electrons. The molecule has 0 bridgehead atoms. The Hall–Kier alpha value is -1.92. The summed E-state index contributed by atoms with van der Waals surface area (Å²) in [4.78, 5) is 11.4. The molecule has 0 spiro atoms. The lowest BCUT2D eigenvalue weighted by atomic mass is 9.96. The molecular formula is C23H32F2N2O5S2. The van der Waals surface area contributed by atoms with E-state index < -0.39 is 27.9 Å². The number of aliphatic carboxylic acids is 1. The van der Waals surface area contributed by atoms with Gasteiger partial charge in [0.2, 0.25) is 10.0 Å². The number of aliphatic hydroxyl groups excluding tert-OH is 1. The van der Waals surface area contributed by atoms with Crippen LogP contribution < -0.4 is 5.32 Å². The largest absolute Gasteiger partial charge is 0.481 e. The fourth-order valence-corrected chi connectivity index (χ4v) is 5.54. The molecule has 2 rings (SSSR count). The Labute approximate surface area is 203 Å². The molecule has 0 aliphatic carbocycles. The van der Waals surface area contributed by atoms with Crippen LogP contribution in [0.1, 0.15) is 43.6 Å². The highest BCUT2D eigenvalue weighted by Gasteiger charge is 2.25. The third kappa shape index (κ3) is 9.03. The summed E-state index contributed by atoms with van der Waals surface area (Å²) < 4.78 is 53.8. The van der Waals surface area contributed by atoms with E-state index in [1.807, 2.05) is 13.8 Å². The predicted octanol–water partition coefficient (Wildman–Crippen LogP) is 3.42. The van der Waals surface area contributed by atoms with Crippen LogP contribution in [0.25, 0.3) is 0 Å². The number of carboxylic acid groups (broad SMARTS) is 1. The number of nitrogens with one attached hydrogen (secondary N) is 1. The van der Waals surface area contributed by atoms with E-state index >= 15 is 0 Å². The predicted molar refractivity (Wildman–Crippen MR) is 127 cm³/mol. The molecule has 1 aromatic carbocycles. The molecular weight excluding hydrogens is 486 g/mol. The first-order valence-electron chi connectivity index (χ1n) is 10.9. The Morgan fingerprint density at radius 2 is 1.91 bits per heavy atom. The number of aryl methyl sites for hydroxylation is 2. The summed E-state index contributed by atoms with van der Waals surface area (Å²) in [5.74, 6) is -1.84. The lowest BCUT2D eigenvalue weighted by molar-refractivity contribution is -0.136. The minimum absolute atomic E-state index is 0.00236. The van der Waals surface area contributed by atoms with Gasteiger partial charge in [0.1, 0.15) is 5.82 Å². The summed E-state index contributed by atoms with van der Waals surface area (Å²) in [6.07, 6.45) is 1.10. The highest BCUT2D eigenvalue weighted by Crippen LogP contribution is 2.21. The smallest absolute Gasteiger partial charge is 0.303 e. The fourth-order valence-electron chi connectivity index (χ4n) is 3.48. The Kier molecular flexibility index (Phi) is 10.1. The minimum atomic E-state index is -4.09. The Bertz CT molecular complexity index is 1070. The molecule has 0 saturated heterocycles. The molecule has 34 heavy (non-hydrogen) atoms. The molecule has 0 aliphatic rings. The van der Waals surface area contributed by atoms with Gasteiger partial charge >= 0.3 is 5.97 Å². The van der Waals surface area contributed by atoms with Gasteiger partial charge in [-0.05, 0) is 75.4 Å². The Morgan fingerprint density at radius 3 is 2.53 bits per heavy atom. The first-order chi connectivity index (χ1) is 15.8. The third-order valence-corrected chi connectivity index (χ3v) is 8.14. The van der Waals surface area contributed by atoms with Gasteiger partial charge < -0.3 is 15.5 Å². The summed E-state index contributed by atoms with van der Waals surface area (Å²) in [7, 11) is -2.79. The van der Waals surface area contributed by atoms with Crippen molar-refractivity contribution in [3.05, 3.63) is 51.7 Å². The van der Waals surface area contributed by atoms with Gasteiger partial charge in [-0.25, -0.2) is 12.8 Å². The van der Waals surface area contributed by atoms with Crippen LogP contribution in [0.3, 0.4) is 0 Å². The van der Waals surface area contributed by atoms with Gasteiger partial charge in [0, 0.05) is 37.0 Å². The molecule has 3 N–H and O–H groups in total. The van der Waals surface area contributed by atoms with Crippen molar-refractivity contribution in [2.45, 2.75) is 62.5 Å². The molecule has 1 heterocycles. The zero-order valence-electron chi connectivity index (χ0n) is 19.6. The molecule has 1 aromatic heterocycles. The van der Waals surface area contributed by atoms with Crippen LogP contribution in [0.4, 0.5) is 8.78 Å². The number of carboxylic acids is 1. The number of hydrogen-bond donors (Lipinski definition) is 3. The summed E-state index contributed by atoms with van der Waals surface area (Å²) in [5.41, 5.74) is -0.0563. The summed E-state index contributed by atoms with van der Waals surface area (Å²) in [6.45, 7) is 3.88. The molecule has 0 amide bonds. The van der Waals surface area contributed by atoms with Crippen molar-refractivity contribution in [1.29, 1.82) is 0 Å². The zero-order valence-corrected chi connectivity index (χ0v) is 21.2. The number of sulfonamides is 1. The van der Waals surface area contributed by atoms with Crippen molar-refractivity contribution in [2.75, 3.05) is 20.1 Å². The number of β-amino-alcohol motifs (C(OH)–C–C–N with tert-alkyl or cyclic N) is 1. The average molecular weight is 519 g/mol. The maximum atomic E-state index is 14.0. The van der Waals surface area contributed by atoms with Crippen LogP contribution >= 0.6 is 11.3 Å². The monoisotopic (exact) mass is 518 g/mol. The van der Waals surface area contributed by atoms with Gasteiger partial charge in [-0.1, -0.05) is 0 Å². The number of thiophene rings is 1. The molecule has 11 heteroatoms. The summed E-state index contributed by atoms with van der Waals surface area (Å²) >= 11 is 1.13. The van der Waals surface area contributed by atoms with E-state index in [1.165, 1.54) is 19.2 Å². The van der Waals surface area contributed by atoms with E-state index in [0.29, 0.717) is 0 Å². The molecule has 7 nitrogen and oxygen atoms in total. The van der Waals surface area contributed by atoms with Crippen molar-refractivity contribution in [1.82, 2.24) is 9.62 Å². The van der Waals surface area contributed by atoms with E-state index in [9.17, 15) is 27.1 Å². The minimum Gasteiger partial charge on any atom is -0.481 e. The maximum Gasteiger partial charge on any atom is 0.303 e. The molecule has 1 atom stereocenters. The zero-order chi connectivity index (χ0) is 25.5. The lowest BCUT2D eigenvalue weighted by Gasteiger charge is -2.29. The molecule has 1 unspecified atom stereocenters. The Morgan fingerprint density at radius 1 is 1.21 bits per heavy atom. The van der Waals surface area contributed by atoms with Crippen LogP contribution in [-0.4, -0.2) is 60.7 Å². The van der Waals surface area contributed by atoms with E-state index in [2.05, 4.69) is 5.32 Å². The van der Waals surface area contributed by atoms with Gasteiger partial charge in [-0.3, -0.25) is 4.79 Å². The number of rotatable bonds is 14. The van der Waals surface area contributed by atoms with Crippen LogP contribution in [0, 0.1) is 10.9 Å². The first kappa shape index (κ1) is 28.3. The normalized spacial score (nSPS) is 13.4. The maximum absolute atomic E-state index is 14.0. The van der Waals surface area contributed by atoms with E-state index in [1.54, 1.807) is 6.07 Å². The molecule has 0 fully saturated rings. The van der Waals surface area contributed by atoms with Crippen molar-refractivity contribution in [3.63, 3.8) is 0 Å². The van der Waals surface area contributed by atoms with Gasteiger partial charge in [-0.15, -0.1) is 11.3 Å². The Balaban J connectivity index is 1.89. The van der Waals surface area contributed by atoms with Crippen molar-refractivity contribution < 1.29 is 32.2 Å². The van der Waals surface area contributed by atoms with Crippen LogP contribution in [0.5, 0.6) is 0 Å². The number of benzene rings is 1. The van der Waals surface area contributed by atoms with Crippen molar-refractivity contribution >= 4 is 27.3 Å². The van der Waals surface area contributed by atoms with Gasteiger partial charge in [-0.2, -0.15) is 8.70 Å². The summed E-state index contributed by atoms with van der Waals surface area (Å²) in [5, 5.41) is 22.2. The quantitative estimate of drug-likeness (QED) is 0.354. The number of nitrogens with zero attached hydrogens (tertiary/aromatic N) is 1. The van der Waals surface area contributed by atoms with Gasteiger partial charge in [0.15, 0.2) is 5.13 Å². The van der Waals surface area contributed by atoms with Gasteiger partial charge in [0.25, 0.3) is 0 Å². The third-order valence-electron chi connectivity index (χ3n) is 5.40. The molecule has 0 aliphatic heterocycles. The van der Waals surface area contributed by atoms with E-state index in [-0.39, 0.29) is 47.1 Å². The van der Waals surface area contributed by atoms with Crippen molar-refractivity contribution in [3.8, 4) is 0 Å². The van der Waals surface area contributed by atoms with Crippen LogP contribution in [0.2, 0.25) is 0 Å². The van der Waals surface area contributed by atoms with Crippen LogP contribution in [-0.2, 0) is 27.7 Å². The van der Waals surface area contributed by atoms with Crippen molar-refractivity contribution in [2.24, 2.45) is 0 Å². The standard InChI is InChI=1S/C23H32F2N2O5S2/c1-23(2,10-4-5-19-7-8-21(25)33-19)26-14-18(28)15-27(3)34(31,32)20-12-16(6-9-22(29)30)11-17(24)13-20/h7-8,11-13,18,26,28H,4-6,9-10,14-15H2,1-3H3,(H,29,30). The van der Waals surface area contributed by atoms with E-state index in [0.717, 1.165) is 51.9 Å². The lowest BCUT2D eigenvalue weighted by Crippen LogP contribution is -2.46. The first-order valence-corrected chi connectivity index (χ1v) is 13.2. The van der Waals surface area contributed by atoms with Crippen LogP contribution in [0.15, 0.2) is 35.2 Å². The number of halogens is 2. The highest BCUT2D eigenvalue weighted by atomic mass is 32.2. The second-order valence-corrected chi connectivity index (χ2v) is 12.1. The second-order valence-electron chi connectivity index (χ2n) is 8.95.